The van der Waals surface area contributed by atoms with E-state index in [1.54, 1.807) is 17.1 Å². The normalized spacial score (nSPS) is 12.3. The molecule has 3 N–H and O–H groups in total. The van der Waals surface area contributed by atoms with Gasteiger partial charge in [0, 0.05) is 37.1 Å². The van der Waals surface area contributed by atoms with E-state index in [2.05, 4.69) is 15.3 Å². The van der Waals surface area contributed by atoms with Crippen LogP contribution in [0.5, 0.6) is 5.75 Å². The Balaban J connectivity index is 1.81. The molecule has 0 saturated heterocycles. The van der Waals surface area contributed by atoms with Gasteiger partial charge in [-0.1, -0.05) is 48.5 Å². The molecule has 0 spiro atoms. The number of nitrogens with zero attached hydrogens (tertiary/aromatic N) is 2. The van der Waals surface area contributed by atoms with Crippen LogP contribution in [0, 0.1) is 0 Å². The average Bonchev–Trinajstić information content (AvgIpc) is 3.47. The summed E-state index contributed by atoms with van der Waals surface area (Å²) in [5, 5.41) is 15.2. The average molecular weight is 473 g/mol. The van der Waals surface area contributed by atoms with Crippen LogP contribution in [0.4, 0.5) is 0 Å². The van der Waals surface area contributed by atoms with Crippen molar-refractivity contribution >= 4 is 38.5 Å². The first-order valence-corrected chi connectivity index (χ1v) is 11.9. The molecule has 0 aliphatic carbocycles. The SMILES string of the molecule is CC(=O)NCCc1c(C(c2ccccc2)c2c(O)c3ncsc3n(C)c2=O)[nH]c2ccccc12. The number of hydrogen-bond acceptors (Lipinski definition) is 5. The Morgan fingerprint density at radius 1 is 1.18 bits per heavy atom. The lowest BCUT2D eigenvalue weighted by atomic mass is 9.85. The van der Waals surface area contributed by atoms with Gasteiger partial charge in [0.1, 0.15) is 10.3 Å². The standard InChI is InChI=1S/C26H24N4O3S/c1-15(31)27-13-12-18-17-10-6-7-11-19(17)29-22(18)20(16-8-4-3-5-9-16)21-24(32)23-26(34-14-28-23)30(2)25(21)33/h3-11,14,20,29,32H,12-13H2,1-2H3,(H,27,31). The Bertz CT molecular complexity index is 1570. The summed E-state index contributed by atoms with van der Waals surface area (Å²) in [7, 11) is 1.71. The molecule has 0 fully saturated rings. The van der Waals surface area contributed by atoms with Crippen LogP contribution in [0.25, 0.3) is 21.3 Å². The Kier molecular flexibility index (Phi) is 5.67. The number of H-pyrrole nitrogens is 1. The van der Waals surface area contributed by atoms with Crippen LogP contribution >= 0.6 is 11.3 Å². The van der Waals surface area contributed by atoms with Gasteiger partial charge in [0.25, 0.3) is 5.56 Å². The maximum atomic E-state index is 13.6. The molecule has 2 aromatic carbocycles. The van der Waals surface area contributed by atoms with Crippen molar-refractivity contribution in [2.75, 3.05) is 6.54 Å². The number of rotatable bonds is 6. The van der Waals surface area contributed by atoms with Crippen molar-refractivity contribution < 1.29 is 9.90 Å². The first-order chi connectivity index (χ1) is 16.5. The summed E-state index contributed by atoms with van der Waals surface area (Å²) in [6.45, 7) is 1.95. The predicted molar refractivity (Wildman–Crippen MR) is 135 cm³/mol. The maximum absolute atomic E-state index is 13.6. The number of nitrogens with one attached hydrogen (secondary N) is 2. The van der Waals surface area contributed by atoms with Crippen molar-refractivity contribution in [2.24, 2.45) is 7.05 Å². The smallest absolute Gasteiger partial charge is 0.259 e. The minimum Gasteiger partial charge on any atom is -0.505 e. The number of para-hydroxylation sites is 1. The lowest BCUT2D eigenvalue weighted by Crippen LogP contribution is -2.26. The molecule has 5 aromatic rings. The minimum absolute atomic E-state index is 0.0958. The van der Waals surface area contributed by atoms with Crippen LogP contribution < -0.4 is 10.9 Å². The molecule has 7 nitrogen and oxygen atoms in total. The first kappa shape index (κ1) is 21.9. The fraction of sp³-hybridized carbons (Fsp3) is 0.192. The van der Waals surface area contributed by atoms with Crippen LogP contribution in [0.3, 0.4) is 0 Å². The molecule has 172 valence electrons. The van der Waals surface area contributed by atoms with E-state index in [9.17, 15) is 14.7 Å². The Morgan fingerprint density at radius 3 is 2.68 bits per heavy atom. The maximum Gasteiger partial charge on any atom is 0.259 e. The second-order valence-corrected chi connectivity index (χ2v) is 9.11. The summed E-state index contributed by atoms with van der Waals surface area (Å²) < 4.78 is 1.55. The molecule has 0 radical (unpaired) electrons. The number of amides is 1. The molecule has 8 heteroatoms. The van der Waals surface area contributed by atoms with Crippen molar-refractivity contribution in [3.63, 3.8) is 0 Å². The summed E-state index contributed by atoms with van der Waals surface area (Å²) in [5.41, 5.74) is 5.68. The molecule has 0 bridgehead atoms. The van der Waals surface area contributed by atoms with Crippen molar-refractivity contribution in [2.45, 2.75) is 19.3 Å². The molecular formula is C26H24N4O3S. The topological polar surface area (TPSA) is 100 Å². The number of benzene rings is 2. The molecule has 1 unspecified atom stereocenters. The van der Waals surface area contributed by atoms with Gasteiger partial charge in [-0.25, -0.2) is 4.98 Å². The largest absolute Gasteiger partial charge is 0.505 e. The van der Waals surface area contributed by atoms with Gasteiger partial charge in [0.15, 0.2) is 5.75 Å². The quantitative estimate of drug-likeness (QED) is 0.347. The zero-order valence-corrected chi connectivity index (χ0v) is 19.6. The summed E-state index contributed by atoms with van der Waals surface area (Å²) in [4.78, 5) is 33.6. The summed E-state index contributed by atoms with van der Waals surface area (Å²) in [6, 6.07) is 17.6. The minimum atomic E-state index is -0.550. The second kappa shape index (κ2) is 8.79. The summed E-state index contributed by atoms with van der Waals surface area (Å²) in [5.74, 6) is -0.744. The number of carbonyl (C=O) groups excluding carboxylic acids is 1. The molecule has 5 rings (SSSR count). The molecule has 1 amide bonds. The molecule has 0 aliphatic heterocycles. The van der Waals surface area contributed by atoms with Crippen molar-refractivity contribution in [3.8, 4) is 5.75 Å². The lowest BCUT2D eigenvalue weighted by molar-refractivity contribution is -0.118. The molecule has 0 aliphatic rings. The second-order valence-electron chi connectivity index (χ2n) is 8.27. The molecule has 3 aromatic heterocycles. The highest BCUT2D eigenvalue weighted by molar-refractivity contribution is 7.16. The van der Waals surface area contributed by atoms with Gasteiger partial charge in [0.2, 0.25) is 5.91 Å². The third-order valence-corrected chi connectivity index (χ3v) is 7.07. The number of thiazole rings is 1. The van der Waals surface area contributed by atoms with E-state index < -0.39 is 5.92 Å². The van der Waals surface area contributed by atoms with Crippen LogP contribution in [0.1, 0.15) is 35.2 Å². The van der Waals surface area contributed by atoms with Crippen LogP contribution in [0.2, 0.25) is 0 Å². The highest BCUT2D eigenvalue weighted by atomic mass is 32.1. The molecule has 0 saturated carbocycles. The number of fused-ring (bicyclic) bond motifs is 2. The van der Waals surface area contributed by atoms with Gasteiger partial charge in [-0.15, -0.1) is 11.3 Å². The van der Waals surface area contributed by atoms with E-state index in [0.29, 0.717) is 23.3 Å². The van der Waals surface area contributed by atoms with Crippen LogP contribution in [0.15, 0.2) is 64.9 Å². The molecular weight excluding hydrogens is 448 g/mol. The van der Waals surface area contributed by atoms with Gasteiger partial charge in [-0.3, -0.25) is 9.59 Å². The van der Waals surface area contributed by atoms with Gasteiger partial charge in [-0.2, -0.15) is 0 Å². The monoisotopic (exact) mass is 472 g/mol. The van der Waals surface area contributed by atoms with E-state index in [0.717, 1.165) is 27.7 Å². The van der Waals surface area contributed by atoms with E-state index >= 15 is 0 Å². The highest BCUT2D eigenvalue weighted by Crippen LogP contribution is 2.41. The molecule has 3 heterocycles. The predicted octanol–water partition coefficient (Wildman–Crippen LogP) is 4.04. The molecule has 34 heavy (non-hydrogen) atoms. The van der Waals surface area contributed by atoms with E-state index in [1.165, 1.54) is 18.3 Å². The number of aromatic hydroxyl groups is 1. The molecule has 1 atom stereocenters. The number of aromatic nitrogens is 3. The third-order valence-electron chi connectivity index (χ3n) is 6.17. The van der Waals surface area contributed by atoms with Crippen molar-refractivity contribution in [3.05, 3.63) is 92.8 Å². The Morgan fingerprint density at radius 2 is 1.91 bits per heavy atom. The summed E-state index contributed by atoms with van der Waals surface area (Å²) in [6.07, 6.45) is 0.572. The van der Waals surface area contributed by atoms with Crippen molar-refractivity contribution in [1.29, 1.82) is 0 Å². The fourth-order valence-corrected chi connectivity index (χ4v) is 5.39. The zero-order chi connectivity index (χ0) is 23.8. The number of pyridine rings is 1. The highest BCUT2D eigenvalue weighted by Gasteiger charge is 2.30. The Hall–Kier alpha value is -3.91. The Labute approximate surface area is 199 Å². The number of hydrogen-bond donors (Lipinski definition) is 3. The van der Waals surface area contributed by atoms with E-state index in [-0.39, 0.29) is 22.8 Å². The summed E-state index contributed by atoms with van der Waals surface area (Å²) >= 11 is 1.32. The number of aryl methyl sites for hydroxylation is 1. The third kappa shape index (κ3) is 3.66. The fourth-order valence-electron chi connectivity index (χ4n) is 4.63. The van der Waals surface area contributed by atoms with E-state index in [1.807, 2.05) is 54.6 Å². The zero-order valence-electron chi connectivity index (χ0n) is 18.8. The van der Waals surface area contributed by atoms with Gasteiger partial charge >= 0.3 is 0 Å². The number of carbonyl (C=O) groups is 1. The number of aromatic amines is 1. The van der Waals surface area contributed by atoms with Gasteiger partial charge < -0.3 is 20.0 Å². The van der Waals surface area contributed by atoms with E-state index in [4.69, 9.17) is 0 Å². The van der Waals surface area contributed by atoms with Crippen LogP contribution in [-0.4, -0.2) is 32.1 Å². The van der Waals surface area contributed by atoms with Crippen LogP contribution in [-0.2, 0) is 18.3 Å². The van der Waals surface area contributed by atoms with Gasteiger partial charge in [-0.05, 0) is 23.6 Å². The van der Waals surface area contributed by atoms with Crippen molar-refractivity contribution in [1.82, 2.24) is 19.9 Å². The van der Waals surface area contributed by atoms with Gasteiger partial charge in [0.05, 0.1) is 17.0 Å². The first-order valence-electron chi connectivity index (χ1n) is 11.0. The lowest BCUT2D eigenvalue weighted by Gasteiger charge is -2.21.